The Labute approximate surface area is 182 Å². The van der Waals surface area contributed by atoms with Crippen molar-refractivity contribution >= 4 is 0 Å². The molecular weight excluding hydrogens is 394 g/mol. The van der Waals surface area contributed by atoms with Gasteiger partial charge in [0.2, 0.25) is 0 Å². The molecular formula is C23H27N5O3. The van der Waals surface area contributed by atoms with Gasteiger partial charge in [0.15, 0.2) is 0 Å². The van der Waals surface area contributed by atoms with Crippen LogP contribution in [0.3, 0.4) is 0 Å². The summed E-state index contributed by atoms with van der Waals surface area (Å²) in [5, 5.41) is 0. The first-order valence-electron chi connectivity index (χ1n) is 10.3. The Morgan fingerprint density at radius 1 is 1.10 bits per heavy atom. The molecule has 1 aromatic carbocycles. The molecule has 1 fully saturated rings. The van der Waals surface area contributed by atoms with E-state index in [1.807, 2.05) is 36.7 Å². The van der Waals surface area contributed by atoms with Gasteiger partial charge in [0.05, 0.1) is 31.7 Å². The molecule has 0 spiro atoms. The van der Waals surface area contributed by atoms with E-state index in [0.717, 1.165) is 60.1 Å². The molecule has 3 aromatic rings. The van der Waals surface area contributed by atoms with Crippen molar-refractivity contribution in [2.24, 2.45) is 0 Å². The number of nitrogens with zero attached hydrogens (tertiary/aromatic N) is 5. The van der Waals surface area contributed by atoms with Crippen LogP contribution in [-0.4, -0.2) is 65.4 Å². The first-order valence-corrected chi connectivity index (χ1v) is 10.3. The quantitative estimate of drug-likeness (QED) is 0.549. The van der Waals surface area contributed by atoms with Crippen LogP contribution in [-0.2, 0) is 22.4 Å². The molecule has 0 aliphatic carbocycles. The highest BCUT2D eigenvalue weighted by molar-refractivity contribution is 5.63. The summed E-state index contributed by atoms with van der Waals surface area (Å²) in [5.74, 6) is 1.59. The number of morpholine rings is 1. The smallest absolute Gasteiger partial charge is 0.130 e. The molecule has 8 heteroatoms. The fourth-order valence-electron chi connectivity index (χ4n) is 3.63. The molecule has 4 rings (SSSR count). The molecule has 1 atom stereocenters. The number of ether oxygens (including phenoxy) is 3. The summed E-state index contributed by atoms with van der Waals surface area (Å²) in [6.07, 6.45) is 7.77. The van der Waals surface area contributed by atoms with Gasteiger partial charge in [0.25, 0.3) is 0 Å². The van der Waals surface area contributed by atoms with Gasteiger partial charge in [-0.15, -0.1) is 0 Å². The van der Waals surface area contributed by atoms with Crippen molar-refractivity contribution in [3.63, 3.8) is 0 Å². The lowest BCUT2D eigenvalue weighted by Crippen LogP contribution is -2.38. The monoisotopic (exact) mass is 421 g/mol. The van der Waals surface area contributed by atoms with E-state index in [1.165, 1.54) is 0 Å². The first kappa shape index (κ1) is 21.3. The molecule has 0 bridgehead atoms. The van der Waals surface area contributed by atoms with E-state index in [4.69, 9.17) is 14.2 Å². The third-order valence-electron chi connectivity index (χ3n) is 5.22. The minimum Gasteiger partial charge on any atom is -0.497 e. The SMILES string of the molecule is COCCc1ncc(CN2CCO[C@@H](c3nccnc3-c3cccc(OC)c3)C2)cn1. The number of hydrogen-bond donors (Lipinski definition) is 0. The number of aromatic nitrogens is 4. The largest absolute Gasteiger partial charge is 0.497 e. The third kappa shape index (κ3) is 5.41. The van der Waals surface area contributed by atoms with Gasteiger partial charge in [-0.25, -0.2) is 9.97 Å². The van der Waals surface area contributed by atoms with E-state index in [9.17, 15) is 0 Å². The second kappa shape index (κ2) is 10.4. The Morgan fingerprint density at radius 2 is 1.94 bits per heavy atom. The van der Waals surface area contributed by atoms with Gasteiger partial charge >= 0.3 is 0 Å². The van der Waals surface area contributed by atoms with Gasteiger partial charge in [-0.3, -0.25) is 14.9 Å². The van der Waals surface area contributed by atoms with Crippen molar-refractivity contribution in [3.8, 4) is 17.0 Å². The summed E-state index contributed by atoms with van der Waals surface area (Å²) in [6.45, 7) is 3.58. The summed E-state index contributed by atoms with van der Waals surface area (Å²) in [6, 6.07) is 7.85. The minimum atomic E-state index is -0.162. The van der Waals surface area contributed by atoms with Gasteiger partial charge in [0.1, 0.15) is 17.7 Å². The Morgan fingerprint density at radius 3 is 2.74 bits per heavy atom. The Bertz CT molecular complexity index is 983. The molecule has 0 saturated carbocycles. The molecule has 0 N–H and O–H groups in total. The molecule has 0 amide bonds. The first-order chi connectivity index (χ1) is 15.3. The predicted molar refractivity (Wildman–Crippen MR) is 116 cm³/mol. The lowest BCUT2D eigenvalue weighted by atomic mass is 10.0. The van der Waals surface area contributed by atoms with E-state index in [0.29, 0.717) is 13.2 Å². The lowest BCUT2D eigenvalue weighted by Gasteiger charge is -2.33. The fourth-order valence-corrected chi connectivity index (χ4v) is 3.63. The maximum absolute atomic E-state index is 6.09. The van der Waals surface area contributed by atoms with Crippen LogP contribution in [0.2, 0.25) is 0 Å². The molecule has 0 radical (unpaired) electrons. The van der Waals surface area contributed by atoms with E-state index in [1.54, 1.807) is 26.6 Å². The second-order valence-corrected chi connectivity index (χ2v) is 7.37. The highest BCUT2D eigenvalue weighted by Gasteiger charge is 2.26. The summed E-state index contributed by atoms with van der Waals surface area (Å²) in [4.78, 5) is 20.5. The molecule has 162 valence electrons. The van der Waals surface area contributed by atoms with Crippen molar-refractivity contribution in [2.75, 3.05) is 40.5 Å². The highest BCUT2D eigenvalue weighted by Crippen LogP contribution is 2.30. The fraction of sp³-hybridized carbons (Fsp3) is 0.391. The van der Waals surface area contributed by atoms with Gasteiger partial charge in [-0.1, -0.05) is 12.1 Å². The van der Waals surface area contributed by atoms with Crippen LogP contribution in [0, 0.1) is 0 Å². The van der Waals surface area contributed by atoms with Crippen LogP contribution >= 0.6 is 0 Å². The topological polar surface area (TPSA) is 82.5 Å². The molecule has 1 aliphatic rings. The number of rotatable bonds is 8. The maximum atomic E-state index is 6.09. The van der Waals surface area contributed by atoms with Crippen LogP contribution in [0.25, 0.3) is 11.3 Å². The zero-order valence-electron chi connectivity index (χ0n) is 17.9. The van der Waals surface area contributed by atoms with Crippen molar-refractivity contribution < 1.29 is 14.2 Å². The molecule has 1 saturated heterocycles. The average Bonchev–Trinajstić information content (AvgIpc) is 2.84. The van der Waals surface area contributed by atoms with Crippen LogP contribution in [0.5, 0.6) is 5.75 Å². The van der Waals surface area contributed by atoms with E-state index >= 15 is 0 Å². The van der Waals surface area contributed by atoms with Gasteiger partial charge < -0.3 is 14.2 Å². The number of benzene rings is 1. The molecule has 1 aliphatic heterocycles. The van der Waals surface area contributed by atoms with Gasteiger partial charge in [-0.2, -0.15) is 0 Å². The van der Waals surface area contributed by atoms with Crippen molar-refractivity contribution in [1.82, 2.24) is 24.8 Å². The Kier molecular flexibility index (Phi) is 7.14. The maximum Gasteiger partial charge on any atom is 0.130 e. The van der Waals surface area contributed by atoms with Crippen molar-refractivity contribution in [2.45, 2.75) is 19.1 Å². The second-order valence-electron chi connectivity index (χ2n) is 7.37. The average molecular weight is 422 g/mol. The zero-order valence-corrected chi connectivity index (χ0v) is 17.9. The van der Waals surface area contributed by atoms with Crippen LogP contribution in [0.4, 0.5) is 0 Å². The van der Waals surface area contributed by atoms with Crippen molar-refractivity contribution in [3.05, 3.63) is 66.1 Å². The van der Waals surface area contributed by atoms with Crippen LogP contribution in [0.1, 0.15) is 23.2 Å². The molecule has 8 nitrogen and oxygen atoms in total. The number of hydrogen-bond acceptors (Lipinski definition) is 8. The minimum absolute atomic E-state index is 0.162. The molecule has 2 aromatic heterocycles. The van der Waals surface area contributed by atoms with Gasteiger partial charge in [-0.05, 0) is 12.1 Å². The summed E-state index contributed by atoms with van der Waals surface area (Å²) < 4.78 is 16.5. The van der Waals surface area contributed by atoms with Crippen LogP contribution in [0.15, 0.2) is 49.1 Å². The molecule has 3 heterocycles. The van der Waals surface area contributed by atoms with Crippen molar-refractivity contribution in [1.29, 1.82) is 0 Å². The number of methoxy groups -OCH3 is 2. The highest BCUT2D eigenvalue weighted by atomic mass is 16.5. The molecule has 31 heavy (non-hydrogen) atoms. The summed E-state index contributed by atoms with van der Waals surface area (Å²) in [5.41, 5.74) is 3.70. The van der Waals surface area contributed by atoms with E-state index in [2.05, 4.69) is 24.8 Å². The standard InChI is InChI=1S/C23H27N5O3/c1-29-10-6-21-26-13-17(14-27-21)15-28-9-11-31-20(16-28)23-22(24-7-8-25-23)18-4-3-5-19(12-18)30-2/h3-5,7-8,12-14,20H,6,9-11,15-16H2,1-2H3/t20-/m1/s1. The zero-order chi connectivity index (χ0) is 21.5. The molecule has 0 unspecified atom stereocenters. The van der Waals surface area contributed by atoms with Crippen LogP contribution < -0.4 is 4.74 Å². The van der Waals surface area contributed by atoms with Gasteiger partial charge in [0, 0.05) is 69.1 Å². The lowest BCUT2D eigenvalue weighted by molar-refractivity contribution is -0.0349. The summed E-state index contributed by atoms with van der Waals surface area (Å²) in [7, 11) is 3.34. The predicted octanol–water partition coefficient (Wildman–Crippen LogP) is 2.70. The Balaban J connectivity index is 1.48. The van der Waals surface area contributed by atoms with E-state index in [-0.39, 0.29) is 6.10 Å². The normalized spacial score (nSPS) is 16.9. The summed E-state index contributed by atoms with van der Waals surface area (Å²) >= 11 is 0. The Hall–Kier alpha value is -2.94. The third-order valence-corrected chi connectivity index (χ3v) is 5.22. The van der Waals surface area contributed by atoms with E-state index < -0.39 is 0 Å².